The number of anilines is 1. The van der Waals surface area contributed by atoms with Gasteiger partial charge < -0.3 is 5.32 Å². The fourth-order valence-corrected chi connectivity index (χ4v) is 4.45. The number of carbonyl (C=O) groups is 1. The highest BCUT2D eigenvalue weighted by molar-refractivity contribution is 8.05. The third kappa shape index (κ3) is 2.44. The molecular formula is C18H16N2OS. The van der Waals surface area contributed by atoms with Gasteiger partial charge in [-0.15, -0.1) is 11.8 Å². The van der Waals surface area contributed by atoms with Crippen LogP contribution in [0.15, 0.2) is 71.0 Å². The van der Waals surface area contributed by atoms with E-state index in [4.69, 9.17) is 0 Å². The minimum absolute atomic E-state index is 0.0277. The molecule has 4 heteroatoms. The number of aromatic nitrogens is 1. The molecule has 4 rings (SSSR count). The SMILES string of the molecule is O=C(Nc1cccnc1)C1C=C2CCC3C=CC=CC3=C2S1. The second-order valence-corrected chi connectivity index (χ2v) is 6.79. The Balaban J connectivity index is 1.55. The Morgan fingerprint density at radius 1 is 1.36 bits per heavy atom. The van der Waals surface area contributed by atoms with E-state index in [1.54, 1.807) is 24.2 Å². The lowest BCUT2D eigenvalue weighted by molar-refractivity contribution is -0.115. The van der Waals surface area contributed by atoms with E-state index in [-0.39, 0.29) is 11.2 Å². The van der Waals surface area contributed by atoms with Gasteiger partial charge in [-0.25, -0.2) is 0 Å². The molecule has 0 fully saturated rings. The maximum Gasteiger partial charge on any atom is 0.241 e. The number of hydrogen-bond acceptors (Lipinski definition) is 3. The molecule has 2 aliphatic carbocycles. The van der Waals surface area contributed by atoms with Crippen LogP contribution in [0.3, 0.4) is 0 Å². The summed E-state index contributed by atoms with van der Waals surface area (Å²) in [5.74, 6) is 0.546. The third-order valence-corrected chi connectivity index (χ3v) is 5.53. The number of hydrogen-bond donors (Lipinski definition) is 1. The predicted molar refractivity (Wildman–Crippen MR) is 90.4 cm³/mol. The Labute approximate surface area is 133 Å². The lowest BCUT2D eigenvalue weighted by Gasteiger charge is -2.25. The molecule has 22 heavy (non-hydrogen) atoms. The van der Waals surface area contributed by atoms with E-state index < -0.39 is 0 Å². The summed E-state index contributed by atoms with van der Waals surface area (Å²) in [7, 11) is 0. The lowest BCUT2D eigenvalue weighted by atomic mass is 9.82. The Morgan fingerprint density at radius 2 is 2.32 bits per heavy atom. The fourth-order valence-electron chi connectivity index (χ4n) is 3.12. The molecule has 1 aromatic heterocycles. The summed E-state index contributed by atoms with van der Waals surface area (Å²) in [5, 5.41) is 2.80. The number of amides is 1. The van der Waals surface area contributed by atoms with E-state index in [1.165, 1.54) is 16.1 Å². The monoisotopic (exact) mass is 308 g/mol. The summed E-state index contributed by atoms with van der Waals surface area (Å²) >= 11 is 1.68. The average molecular weight is 308 g/mol. The van der Waals surface area contributed by atoms with Crippen LogP contribution in [-0.4, -0.2) is 16.1 Å². The molecular weight excluding hydrogens is 292 g/mol. The van der Waals surface area contributed by atoms with Crippen LogP contribution in [0, 0.1) is 5.92 Å². The van der Waals surface area contributed by atoms with Gasteiger partial charge in [-0.1, -0.05) is 30.4 Å². The van der Waals surface area contributed by atoms with Crippen molar-refractivity contribution in [2.24, 2.45) is 5.92 Å². The van der Waals surface area contributed by atoms with Gasteiger partial charge in [-0.05, 0) is 36.1 Å². The molecule has 2 heterocycles. The number of fused-ring (bicyclic) bond motifs is 2. The molecule has 0 saturated heterocycles. The van der Waals surface area contributed by atoms with E-state index in [9.17, 15) is 4.79 Å². The molecule has 0 aromatic carbocycles. The van der Waals surface area contributed by atoms with E-state index >= 15 is 0 Å². The zero-order chi connectivity index (χ0) is 14.9. The second-order valence-electron chi connectivity index (χ2n) is 5.63. The summed E-state index contributed by atoms with van der Waals surface area (Å²) in [4.78, 5) is 17.8. The molecule has 0 radical (unpaired) electrons. The molecule has 2 atom stereocenters. The summed E-state index contributed by atoms with van der Waals surface area (Å²) in [6.45, 7) is 0. The van der Waals surface area contributed by atoms with Crippen LogP contribution in [0.1, 0.15) is 12.8 Å². The summed E-state index contributed by atoms with van der Waals surface area (Å²) in [5.41, 5.74) is 3.46. The summed E-state index contributed by atoms with van der Waals surface area (Å²) in [6.07, 6.45) is 16.4. The van der Waals surface area contributed by atoms with Crippen LogP contribution in [0.5, 0.6) is 0 Å². The van der Waals surface area contributed by atoms with Crippen molar-refractivity contribution in [3.05, 3.63) is 71.0 Å². The molecule has 1 aromatic rings. The molecule has 1 aliphatic heterocycles. The lowest BCUT2D eigenvalue weighted by Crippen LogP contribution is -2.22. The average Bonchev–Trinajstić information content (AvgIpc) is 3.00. The first-order valence-electron chi connectivity index (χ1n) is 7.49. The predicted octanol–water partition coefficient (Wildman–Crippen LogP) is 3.85. The number of thioether (sulfide) groups is 1. The van der Waals surface area contributed by atoms with Crippen LogP contribution in [-0.2, 0) is 4.79 Å². The molecule has 3 aliphatic rings. The number of nitrogens with zero attached hydrogens (tertiary/aromatic N) is 1. The van der Waals surface area contributed by atoms with E-state index in [0.717, 1.165) is 18.5 Å². The van der Waals surface area contributed by atoms with Crippen LogP contribution < -0.4 is 5.32 Å². The normalized spacial score (nSPS) is 25.5. The molecule has 2 unspecified atom stereocenters. The van der Waals surface area contributed by atoms with Crippen molar-refractivity contribution >= 4 is 23.4 Å². The van der Waals surface area contributed by atoms with Crippen molar-refractivity contribution in [1.82, 2.24) is 4.98 Å². The van der Waals surface area contributed by atoms with Crippen LogP contribution in [0.4, 0.5) is 5.69 Å². The fraction of sp³-hybridized carbons (Fsp3) is 0.222. The molecule has 3 nitrogen and oxygen atoms in total. The van der Waals surface area contributed by atoms with Crippen molar-refractivity contribution < 1.29 is 4.79 Å². The van der Waals surface area contributed by atoms with Gasteiger partial charge in [0.1, 0.15) is 5.25 Å². The van der Waals surface area contributed by atoms with E-state index in [2.05, 4.69) is 40.7 Å². The maximum atomic E-state index is 12.5. The van der Waals surface area contributed by atoms with Crippen molar-refractivity contribution in [2.45, 2.75) is 18.1 Å². The molecule has 1 N–H and O–H groups in total. The van der Waals surface area contributed by atoms with Crippen molar-refractivity contribution in [3.8, 4) is 0 Å². The smallest absolute Gasteiger partial charge is 0.241 e. The van der Waals surface area contributed by atoms with Gasteiger partial charge >= 0.3 is 0 Å². The summed E-state index contributed by atoms with van der Waals surface area (Å²) in [6, 6.07) is 3.68. The van der Waals surface area contributed by atoms with Crippen LogP contribution >= 0.6 is 11.8 Å². The highest BCUT2D eigenvalue weighted by atomic mass is 32.2. The highest BCUT2D eigenvalue weighted by Gasteiger charge is 2.33. The topological polar surface area (TPSA) is 42.0 Å². The number of allylic oxidation sites excluding steroid dienone is 6. The van der Waals surface area contributed by atoms with Crippen LogP contribution in [0.2, 0.25) is 0 Å². The van der Waals surface area contributed by atoms with Gasteiger partial charge in [0.25, 0.3) is 0 Å². The first-order valence-corrected chi connectivity index (χ1v) is 8.37. The zero-order valence-corrected chi connectivity index (χ0v) is 12.8. The third-order valence-electron chi connectivity index (χ3n) is 4.19. The van der Waals surface area contributed by atoms with E-state index in [0.29, 0.717) is 5.92 Å². The van der Waals surface area contributed by atoms with Gasteiger partial charge in [0.2, 0.25) is 5.91 Å². The Kier molecular flexibility index (Phi) is 3.47. The van der Waals surface area contributed by atoms with Gasteiger partial charge in [-0.3, -0.25) is 9.78 Å². The minimum atomic E-state index is -0.143. The molecule has 110 valence electrons. The molecule has 0 saturated carbocycles. The molecule has 0 spiro atoms. The number of pyridine rings is 1. The van der Waals surface area contributed by atoms with Crippen LogP contribution in [0.25, 0.3) is 0 Å². The molecule has 0 bridgehead atoms. The largest absolute Gasteiger partial charge is 0.323 e. The standard InChI is InChI=1S/C18H16N2OS/c21-18(20-14-5-3-9-19-11-14)16-10-13-8-7-12-4-1-2-6-15(12)17(13)22-16/h1-6,9-12,16H,7-8H2,(H,20,21). The number of rotatable bonds is 2. The first-order chi connectivity index (χ1) is 10.8. The van der Waals surface area contributed by atoms with Gasteiger partial charge in [0.15, 0.2) is 0 Å². The van der Waals surface area contributed by atoms with Crippen molar-refractivity contribution in [3.63, 3.8) is 0 Å². The van der Waals surface area contributed by atoms with Crippen molar-refractivity contribution in [1.29, 1.82) is 0 Å². The maximum absolute atomic E-state index is 12.5. The summed E-state index contributed by atoms with van der Waals surface area (Å²) < 4.78 is 0. The van der Waals surface area contributed by atoms with Crippen molar-refractivity contribution in [2.75, 3.05) is 5.32 Å². The zero-order valence-electron chi connectivity index (χ0n) is 12.0. The number of carbonyl (C=O) groups excluding carboxylic acids is 1. The van der Waals surface area contributed by atoms with Gasteiger partial charge in [0, 0.05) is 17.0 Å². The van der Waals surface area contributed by atoms with Gasteiger partial charge in [-0.2, -0.15) is 0 Å². The highest BCUT2D eigenvalue weighted by Crippen LogP contribution is 2.48. The molecule has 1 amide bonds. The number of nitrogens with one attached hydrogen (secondary N) is 1. The van der Waals surface area contributed by atoms with E-state index in [1.807, 2.05) is 12.1 Å². The quantitative estimate of drug-likeness (QED) is 0.902. The Bertz CT molecular complexity index is 731. The Morgan fingerprint density at radius 3 is 3.18 bits per heavy atom. The first kappa shape index (κ1) is 13.6. The van der Waals surface area contributed by atoms with Gasteiger partial charge in [0.05, 0.1) is 11.9 Å². The second kappa shape index (κ2) is 5.61. The minimum Gasteiger partial charge on any atom is -0.323 e. The Hall–Kier alpha value is -2.07.